The Morgan fingerprint density at radius 2 is 1.12 bits per heavy atom. The van der Waals surface area contributed by atoms with Crippen molar-refractivity contribution < 1.29 is 25.8 Å². The molecule has 8 aliphatic rings. The van der Waals surface area contributed by atoms with Crippen molar-refractivity contribution in [2.45, 2.75) is 88.0 Å². The number of pyridine rings is 1. The first-order chi connectivity index (χ1) is 35.9. The van der Waals surface area contributed by atoms with Crippen molar-refractivity contribution in [3.05, 3.63) is 261 Å². The van der Waals surface area contributed by atoms with Crippen LogP contribution >= 0.6 is 0 Å². The molecular formula is C68H53N4OPt-3. The van der Waals surface area contributed by atoms with Crippen molar-refractivity contribution in [3.63, 3.8) is 0 Å². The van der Waals surface area contributed by atoms with Gasteiger partial charge in [-0.2, -0.15) is 18.8 Å². The van der Waals surface area contributed by atoms with E-state index >= 15 is 0 Å². The van der Waals surface area contributed by atoms with Gasteiger partial charge in [0.15, 0.2) is 0 Å². The molecule has 3 heterocycles. The Morgan fingerprint density at radius 1 is 0.554 bits per heavy atom. The molecule has 0 radical (unpaired) electrons. The molecule has 7 aliphatic carbocycles. The maximum atomic E-state index is 6.99. The molecule has 8 aromatic carbocycles. The van der Waals surface area contributed by atoms with Crippen LogP contribution in [0.2, 0.25) is 0 Å². The van der Waals surface area contributed by atoms with Gasteiger partial charge in [0.05, 0.1) is 0 Å². The Morgan fingerprint density at radius 3 is 1.74 bits per heavy atom. The monoisotopic (exact) mass is 1140 g/mol. The van der Waals surface area contributed by atoms with E-state index in [0.717, 1.165) is 27.9 Å². The average Bonchev–Trinajstić information content (AvgIpc) is 4.13. The number of fused-ring (bicyclic) bond motifs is 4. The van der Waals surface area contributed by atoms with Gasteiger partial charge in [0, 0.05) is 85.4 Å². The van der Waals surface area contributed by atoms with Crippen LogP contribution in [0.1, 0.15) is 149 Å². The minimum Gasteiger partial charge on any atom is -0.509 e. The van der Waals surface area contributed by atoms with E-state index in [4.69, 9.17) is 9.72 Å². The predicted molar refractivity (Wildman–Crippen MR) is 293 cm³/mol. The van der Waals surface area contributed by atoms with Crippen molar-refractivity contribution in [1.29, 1.82) is 0 Å². The quantitative estimate of drug-likeness (QED) is 0.161. The topological polar surface area (TPSA) is 33.5 Å². The maximum Gasteiger partial charge on any atom is 0.135 e. The van der Waals surface area contributed by atoms with Crippen molar-refractivity contribution in [2.24, 2.45) is 0 Å². The molecule has 6 heteroatoms. The van der Waals surface area contributed by atoms with Crippen LogP contribution in [0.15, 0.2) is 170 Å². The Bertz CT molecular complexity index is 3870. The third-order valence-electron chi connectivity index (χ3n) is 17.6. The third kappa shape index (κ3) is 6.23. The maximum absolute atomic E-state index is 6.99. The molecular weight excluding hydrogens is 1080 g/mol. The summed E-state index contributed by atoms with van der Waals surface area (Å²) in [5.41, 5.74) is 23.8. The molecule has 2 aromatic heterocycles. The average molecular weight is 1140 g/mol. The van der Waals surface area contributed by atoms with E-state index in [2.05, 4.69) is 212 Å². The van der Waals surface area contributed by atoms with Gasteiger partial charge in [0.25, 0.3) is 0 Å². The van der Waals surface area contributed by atoms with E-state index in [-0.39, 0.29) is 50.2 Å². The van der Waals surface area contributed by atoms with E-state index in [1.165, 1.54) is 121 Å². The van der Waals surface area contributed by atoms with Crippen LogP contribution < -0.4 is 14.5 Å². The van der Waals surface area contributed by atoms with E-state index in [0.29, 0.717) is 17.5 Å². The van der Waals surface area contributed by atoms with E-state index < -0.39 is 0 Å². The summed E-state index contributed by atoms with van der Waals surface area (Å²) in [5.74, 6) is 2.80. The van der Waals surface area contributed by atoms with Gasteiger partial charge in [0.1, 0.15) is 5.82 Å². The minimum absolute atomic E-state index is 0. The summed E-state index contributed by atoms with van der Waals surface area (Å²) in [4.78, 5) is 10.1. The molecule has 364 valence electrons. The Balaban J connectivity index is 0.00000484. The zero-order chi connectivity index (χ0) is 48.3. The third-order valence-corrected chi connectivity index (χ3v) is 17.6. The molecule has 4 bridgehead atoms. The first-order valence-corrected chi connectivity index (χ1v) is 26.5. The molecule has 5 nitrogen and oxygen atoms in total. The first-order valence-electron chi connectivity index (χ1n) is 26.5. The van der Waals surface area contributed by atoms with E-state index in [1.54, 1.807) is 0 Å². The summed E-state index contributed by atoms with van der Waals surface area (Å²) in [6, 6.07) is 69.4. The number of benzene rings is 8. The van der Waals surface area contributed by atoms with Crippen molar-refractivity contribution in [1.82, 2.24) is 9.55 Å². The van der Waals surface area contributed by atoms with Gasteiger partial charge in [-0.25, -0.2) is 4.98 Å². The molecule has 18 rings (SSSR count). The van der Waals surface area contributed by atoms with Crippen LogP contribution in [-0.4, -0.2) is 15.6 Å². The Hall–Kier alpha value is -7.20. The minimum atomic E-state index is -0.0599. The number of hydrogen-bond donors (Lipinski definition) is 0. The van der Waals surface area contributed by atoms with Gasteiger partial charge >= 0.3 is 0 Å². The fourth-order valence-electron chi connectivity index (χ4n) is 14.5. The number of hydrogen-bond acceptors (Lipinski definition) is 4. The fraction of sp³-hybridized carbons (Fsp3) is 0.206. The van der Waals surface area contributed by atoms with Crippen LogP contribution in [0.5, 0.6) is 11.5 Å². The molecule has 74 heavy (non-hydrogen) atoms. The summed E-state index contributed by atoms with van der Waals surface area (Å²) in [7, 11) is 0. The van der Waals surface area contributed by atoms with E-state index in [1.807, 2.05) is 12.3 Å². The zero-order valence-electron chi connectivity index (χ0n) is 41.7. The number of aromatic nitrogens is 2. The normalized spacial score (nSPS) is 19.6. The van der Waals surface area contributed by atoms with Crippen LogP contribution in [0, 0.1) is 18.8 Å². The second-order valence-electron chi connectivity index (χ2n) is 22.4. The summed E-state index contributed by atoms with van der Waals surface area (Å²) >= 11 is 0. The summed E-state index contributed by atoms with van der Waals surface area (Å²) in [6.07, 6.45) is 8.19. The van der Waals surface area contributed by atoms with Gasteiger partial charge < -0.3 is 19.1 Å². The molecule has 1 aliphatic heterocycles. The van der Waals surface area contributed by atoms with Crippen LogP contribution in [0.4, 0.5) is 17.1 Å². The van der Waals surface area contributed by atoms with E-state index in [9.17, 15) is 0 Å². The van der Waals surface area contributed by atoms with Gasteiger partial charge in [-0.05, 0) is 120 Å². The van der Waals surface area contributed by atoms with Crippen molar-refractivity contribution in [2.75, 3.05) is 9.80 Å². The van der Waals surface area contributed by atoms with Gasteiger partial charge in [-0.3, -0.25) is 0 Å². The Kier molecular flexibility index (Phi) is 9.82. The summed E-state index contributed by atoms with van der Waals surface area (Å²) < 4.78 is 9.32. The SMILES string of the molecule is CC(C)(C)c1ccnc(-n2c3[c-]c(Oc4[c-]c(N5[CH-]N(C6CCCCC6)c6ccc7c(c65)C5c6ccccc6C7c6ccccc65)ccc4)ccc3c3c4c(ccc32)C2c3ccccc3C4c3ccccc32)c1.[Pt]. The van der Waals surface area contributed by atoms with Crippen LogP contribution in [0.3, 0.4) is 0 Å². The molecule has 1 fully saturated rings. The number of anilines is 3. The molecule has 0 saturated heterocycles. The molecule has 0 unspecified atom stereocenters. The smallest absolute Gasteiger partial charge is 0.135 e. The molecule has 1 saturated carbocycles. The number of ether oxygens (including phenoxy) is 1. The second kappa shape index (κ2) is 16.4. The summed E-state index contributed by atoms with van der Waals surface area (Å²) in [6.45, 7) is 9.19. The standard InChI is InChI=1S/C68H53N4O.Pt/c1-68(2,3)40-34-35-69-59(36-40)72-56-32-30-54-60-45-20-7-11-24-49(45)62(50-25-12-8-21-46(50)60)65(54)64(56)53-29-28-44(38-58(53)72)73-43-19-15-18-42(37-43)71-39-70(41-16-5-4-6-17-41)57-33-31-55-61-47-22-9-13-26-51(47)63(66(55)67(57)71)52-27-14-10-23-48(52)61;/h7-15,18-36,39,41,60-63H,4-6,16-17H2,1-3H3;/q-3;. The second-order valence-corrected chi connectivity index (χ2v) is 22.4. The molecule has 0 spiro atoms. The van der Waals surface area contributed by atoms with Gasteiger partial charge in [-0.15, -0.1) is 41.4 Å². The predicted octanol–water partition coefficient (Wildman–Crippen LogP) is 16.3. The van der Waals surface area contributed by atoms with Crippen LogP contribution in [-0.2, 0) is 26.5 Å². The number of rotatable bonds is 5. The van der Waals surface area contributed by atoms with Crippen LogP contribution in [0.25, 0.3) is 27.6 Å². The van der Waals surface area contributed by atoms with Gasteiger partial charge in [0.2, 0.25) is 0 Å². The summed E-state index contributed by atoms with van der Waals surface area (Å²) in [5, 5.41) is 2.41. The molecule has 0 amide bonds. The van der Waals surface area contributed by atoms with Crippen molar-refractivity contribution in [3.8, 4) is 17.3 Å². The first kappa shape index (κ1) is 44.3. The largest absolute Gasteiger partial charge is 0.509 e. The van der Waals surface area contributed by atoms with Crippen molar-refractivity contribution >= 4 is 38.9 Å². The molecule has 10 aromatic rings. The molecule has 0 atom stereocenters. The van der Waals surface area contributed by atoms with Gasteiger partial charge in [-0.1, -0.05) is 155 Å². The zero-order valence-corrected chi connectivity index (χ0v) is 44.0. The molecule has 0 N–H and O–H groups in total. The number of nitrogens with zero attached hydrogens (tertiary/aromatic N) is 4. The Labute approximate surface area is 447 Å². The fourth-order valence-corrected chi connectivity index (χ4v) is 14.5.